The van der Waals surface area contributed by atoms with Gasteiger partial charge in [0.25, 0.3) is 21.6 Å². The van der Waals surface area contributed by atoms with Gasteiger partial charge in [-0.1, -0.05) is 36.4 Å². The Hall–Kier alpha value is -2.44. The molecule has 0 saturated heterocycles. The Bertz CT molecular complexity index is 689. The van der Waals surface area contributed by atoms with Crippen molar-refractivity contribution < 1.29 is 14.0 Å². The highest BCUT2D eigenvalue weighted by Crippen LogP contribution is 2.08. The first-order valence-electron chi connectivity index (χ1n) is 8.13. The zero-order chi connectivity index (χ0) is 18.2. The largest absolute Gasteiger partial charge is 0.414 e. The smallest absolute Gasteiger partial charge is 0.280 e. The van der Waals surface area contributed by atoms with Gasteiger partial charge in [-0.2, -0.15) is 0 Å². The molecule has 0 aromatic heterocycles. The minimum Gasteiger partial charge on any atom is -0.414 e. The van der Waals surface area contributed by atoms with Crippen molar-refractivity contribution in [3.8, 4) is 0 Å². The van der Waals surface area contributed by atoms with Gasteiger partial charge in [0.1, 0.15) is 5.79 Å². The average Bonchev–Trinajstić information content (AvgIpc) is 2.60. The van der Waals surface area contributed by atoms with E-state index in [1.807, 2.05) is 57.2 Å². The molecule has 2 rings (SSSR count). The van der Waals surface area contributed by atoms with Gasteiger partial charge in [-0.25, -0.2) is 0 Å². The number of carbonyl (C=O) groups excluding carboxylic acids is 2. The van der Waals surface area contributed by atoms with Crippen LogP contribution in [0.4, 0.5) is 0 Å². The summed E-state index contributed by atoms with van der Waals surface area (Å²) >= 11 is 0. The summed E-state index contributed by atoms with van der Waals surface area (Å²) in [6.07, 6.45) is 0. The number of carbonyl (C=O) groups is 2. The standard InChI is InChI=1S/C19H22N2O3Si/c1-4-24-25-19(20-17(22)15-11-7-5-9-13(15)2)21-18(23)16-12-8-6-10-14(16)3/h5-12,19H,4H2,1-3H3,(H,20,22)(H,21,23). The number of rotatable bonds is 7. The van der Waals surface area contributed by atoms with E-state index in [4.69, 9.17) is 4.43 Å². The lowest BCUT2D eigenvalue weighted by molar-refractivity contribution is 0.0902. The highest BCUT2D eigenvalue weighted by Gasteiger charge is 2.20. The van der Waals surface area contributed by atoms with Crippen molar-refractivity contribution in [2.24, 2.45) is 0 Å². The molecule has 2 amide bonds. The SMILES string of the molecule is CCO[Si]C(NC(=O)c1ccccc1C)NC(=O)c1ccccc1C. The first-order valence-corrected chi connectivity index (χ1v) is 9.11. The summed E-state index contributed by atoms with van der Waals surface area (Å²) in [6, 6.07) is 14.7. The lowest BCUT2D eigenvalue weighted by Crippen LogP contribution is -2.52. The maximum absolute atomic E-state index is 12.5. The molecule has 6 heteroatoms. The van der Waals surface area contributed by atoms with Crippen LogP contribution in [0.1, 0.15) is 38.8 Å². The van der Waals surface area contributed by atoms with Gasteiger partial charge in [0.2, 0.25) is 0 Å². The number of amides is 2. The summed E-state index contributed by atoms with van der Waals surface area (Å²) in [5.41, 5.74) is 2.92. The van der Waals surface area contributed by atoms with Gasteiger partial charge in [-0.15, -0.1) is 0 Å². The summed E-state index contributed by atoms with van der Waals surface area (Å²) in [6.45, 7) is 6.13. The van der Waals surface area contributed by atoms with Crippen LogP contribution in [0.2, 0.25) is 0 Å². The molecule has 0 heterocycles. The molecule has 0 aliphatic carbocycles. The van der Waals surface area contributed by atoms with E-state index in [9.17, 15) is 9.59 Å². The van der Waals surface area contributed by atoms with Gasteiger partial charge in [0.05, 0.1) is 0 Å². The van der Waals surface area contributed by atoms with Crippen molar-refractivity contribution in [2.75, 3.05) is 6.61 Å². The molecule has 0 fully saturated rings. The summed E-state index contributed by atoms with van der Waals surface area (Å²) in [7, 11) is -0.0716. The van der Waals surface area contributed by atoms with Gasteiger partial charge in [-0.05, 0) is 44.0 Å². The van der Waals surface area contributed by atoms with E-state index in [1.54, 1.807) is 12.1 Å². The molecule has 25 heavy (non-hydrogen) atoms. The van der Waals surface area contributed by atoms with Crippen molar-refractivity contribution >= 4 is 21.6 Å². The van der Waals surface area contributed by atoms with Gasteiger partial charge in [0.15, 0.2) is 0 Å². The zero-order valence-corrected chi connectivity index (χ0v) is 15.6. The third-order valence-corrected chi connectivity index (χ3v) is 4.66. The molecule has 0 aliphatic heterocycles. The third-order valence-electron chi connectivity index (χ3n) is 3.68. The Morgan fingerprint density at radius 2 is 1.36 bits per heavy atom. The zero-order valence-electron chi connectivity index (χ0n) is 14.6. The molecule has 0 unspecified atom stereocenters. The van der Waals surface area contributed by atoms with Crippen LogP contribution in [0.3, 0.4) is 0 Å². The van der Waals surface area contributed by atoms with Gasteiger partial charge in [0, 0.05) is 17.7 Å². The lowest BCUT2D eigenvalue weighted by Gasteiger charge is -2.20. The van der Waals surface area contributed by atoms with Gasteiger partial charge in [-0.3, -0.25) is 9.59 Å². The number of hydrogen-bond donors (Lipinski definition) is 2. The minimum absolute atomic E-state index is 0.0716. The number of nitrogens with one attached hydrogen (secondary N) is 2. The van der Waals surface area contributed by atoms with E-state index < -0.39 is 5.79 Å². The molecule has 0 saturated carbocycles. The van der Waals surface area contributed by atoms with E-state index in [0.29, 0.717) is 17.7 Å². The molecule has 0 aliphatic rings. The van der Waals surface area contributed by atoms with Crippen LogP contribution in [0.5, 0.6) is 0 Å². The normalized spacial score (nSPS) is 10.6. The molecule has 2 N–H and O–H groups in total. The van der Waals surface area contributed by atoms with Crippen LogP contribution in [-0.4, -0.2) is 34.0 Å². The molecule has 5 nitrogen and oxygen atoms in total. The second-order valence-corrected chi connectivity index (χ2v) is 6.66. The van der Waals surface area contributed by atoms with Crippen molar-refractivity contribution in [3.05, 3.63) is 70.8 Å². The van der Waals surface area contributed by atoms with Crippen LogP contribution < -0.4 is 10.6 Å². The summed E-state index contributed by atoms with van der Waals surface area (Å²) in [5.74, 6) is -1.06. The molecular formula is C19H22N2O3Si. The maximum Gasteiger partial charge on any atom is 0.280 e. The minimum atomic E-state index is -0.584. The Balaban J connectivity index is 2.11. The maximum atomic E-state index is 12.5. The van der Waals surface area contributed by atoms with E-state index in [1.165, 1.54) is 0 Å². The van der Waals surface area contributed by atoms with Crippen LogP contribution in [0.15, 0.2) is 48.5 Å². The number of benzene rings is 2. The second kappa shape index (κ2) is 9.15. The summed E-state index contributed by atoms with van der Waals surface area (Å²) in [4.78, 5) is 25.0. The monoisotopic (exact) mass is 354 g/mol. The molecule has 2 aromatic rings. The van der Waals surface area contributed by atoms with Gasteiger partial charge >= 0.3 is 0 Å². The summed E-state index contributed by atoms with van der Waals surface area (Å²) in [5, 5.41) is 5.69. The topological polar surface area (TPSA) is 67.4 Å². The van der Waals surface area contributed by atoms with Crippen molar-refractivity contribution in [1.29, 1.82) is 0 Å². The fourth-order valence-corrected chi connectivity index (χ4v) is 3.05. The quantitative estimate of drug-likeness (QED) is 0.593. The van der Waals surface area contributed by atoms with Crippen LogP contribution in [-0.2, 0) is 4.43 Å². The Morgan fingerprint density at radius 3 is 1.76 bits per heavy atom. The second-order valence-electron chi connectivity index (χ2n) is 5.56. The van der Waals surface area contributed by atoms with Gasteiger partial charge < -0.3 is 15.1 Å². The fourth-order valence-electron chi connectivity index (χ4n) is 2.33. The first-order chi connectivity index (χ1) is 12.0. The third kappa shape index (κ3) is 5.27. The highest BCUT2D eigenvalue weighted by molar-refractivity contribution is 6.31. The van der Waals surface area contributed by atoms with E-state index in [2.05, 4.69) is 10.6 Å². The molecule has 0 atom stereocenters. The van der Waals surface area contributed by atoms with E-state index >= 15 is 0 Å². The number of aryl methyl sites for hydroxylation is 2. The average molecular weight is 354 g/mol. The molecule has 2 aromatic carbocycles. The van der Waals surface area contributed by atoms with E-state index in [0.717, 1.165) is 11.1 Å². The molecular weight excluding hydrogens is 332 g/mol. The number of hydrogen-bond acceptors (Lipinski definition) is 3. The Morgan fingerprint density at radius 1 is 0.920 bits per heavy atom. The highest BCUT2D eigenvalue weighted by atomic mass is 28.2. The van der Waals surface area contributed by atoms with Crippen molar-refractivity contribution in [1.82, 2.24) is 10.6 Å². The van der Waals surface area contributed by atoms with Crippen molar-refractivity contribution in [3.63, 3.8) is 0 Å². The van der Waals surface area contributed by atoms with Crippen LogP contribution in [0, 0.1) is 13.8 Å². The lowest BCUT2D eigenvalue weighted by atomic mass is 10.1. The first kappa shape index (κ1) is 18.9. The molecule has 0 spiro atoms. The Kier molecular flexibility index (Phi) is 6.91. The molecule has 2 radical (unpaired) electrons. The predicted octanol–water partition coefficient (Wildman–Crippen LogP) is 2.40. The molecule has 0 bridgehead atoms. The van der Waals surface area contributed by atoms with Crippen LogP contribution in [0.25, 0.3) is 0 Å². The van der Waals surface area contributed by atoms with Crippen molar-refractivity contribution in [2.45, 2.75) is 26.6 Å². The Labute approximate surface area is 150 Å². The van der Waals surface area contributed by atoms with E-state index in [-0.39, 0.29) is 21.6 Å². The summed E-state index contributed by atoms with van der Waals surface area (Å²) < 4.78 is 5.43. The van der Waals surface area contributed by atoms with Crippen LogP contribution >= 0.6 is 0 Å². The predicted molar refractivity (Wildman–Crippen MR) is 98.5 cm³/mol. The fraction of sp³-hybridized carbons (Fsp3) is 0.263. The molecule has 130 valence electrons.